The molecule has 0 saturated carbocycles. The molecule has 1 unspecified atom stereocenters. The van der Waals surface area contributed by atoms with E-state index < -0.39 is 0 Å². The quantitative estimate of drug-likeness (QED) is 0.622. The molecule has 16 heavy (non-hydrogen) atoms. The van der Waals surface area contributed by atoms with Crippen molar-refractivity contribution in [2.75, 3.05) is 33.9 Å². The Morgan fingerprint density at radius 1 is 1.31 bits per heavy atom. The van der Waals surface area contributed by atoms with E-state index in [4.69, 9.17) is 4.74 Å². The summed E-state index contributed by atoms with van der Waals surface area (Å²) in [4.78, 5) is 2.36. The van der Waals surface area contributed by atoms with Gasteiger partial charge in [0, 0.05) is 32.3 Å². The van der Waals surface area contributed by atoms with Crippen molar-refractivity contribution in [3.63, 3.8) is 0 Å². The van der Waals surface area contributed by atoms with E-state index in [0.717, 1.165) is 19.7 Å². The summed E-state index contributed by atoms with van der Waals surface area (Å²) >= 11 is 0. The van der Waals surface area contributed by atoms with Gasteiger partial charge in [0.15, 0.2) is 0 Å². The van der Waals surface area contributed by atoms with Gasteiger partial charge in [-0.25, -0.2) is 0 Å². The highest BCUT2D eigenvalue weighted by atomic mass is 16.5. The molecular weight excluding hydrogens is 200 g/mol. The van der Waals surface area contributed by atoms with Crippen molar-refractivity contribution in [3.8, 4) is 0 Å². The number of nitrogens with one attached hydrogen (secondary N) is 1. The van der Waals surface area contributed by atoms with E-state index in [9.17, 15) is 0 Å². The second-order valence-corrected chi connectivity index (χ2v) is 4.82. The van der Waals surface area contributed by atoms with Crippen LogP contribution in [0.3, 0.4) is 0 Å². The lowest BCUT2D eigenvalue weighted by Crippen LogP contribution is -2.40. The summed E-state index contributed by atoms with van der Waals surface area (Å²) in [6, 6.07) is 1.14. The lowest BCUT2D eigenvalue weighted by atomic mass is 10.1. The van der Waals surface area contributed by atoms with Crippen LogP contribution in [0, 0.1) is 0 Å². The second kappa shape index (κ2) is 10.1. The van der Waals surface area contributed by atoms with Gasteiger partial charge in [0.2, 0.25) is 0 Å². The Labute approximate surface area is 102 Å². The van der Waals surface area contributed by atoms with Crippen molar-refractivity contribution >= 4 is 0 Å². The number of nitrogens with zero attached hydrogens (tertiary/aromatic N) is 1. The maximum absolute atomic E-state index is 5.23. The number of likely N-dealkylation sites (N-methyl/N-ethyl adjacent to an activating group) is 1. The van der Waals surface area contributed by atoms with E-state index in [1.165, 1.54) is 19.3 Å². The summed E-state index contributed by atoms with van der Waals surface area (Å²) in [6.45, 7) is 9.66. The Bertz CT molecular complexity index is 151. The normalized spacial score (nSPS) is 13.7. The summed E-state index contributed by atoms with van der Waals surface area (Å²) in [6.07, 6.45) is 3.75. The highest BCUT2D eigenvalue weighted by molar-refractivity contribution is 4.68. The molecule has 0 aromatic rings. The molecule has 0 spiro atoms. The van der Waals surface area contributed by atoms with Crippen molar-refractivity contribution in [3.05, 3.63) is 0 Å². The molecule has 0 rings (SSSR count). The Kier molecular flexibility index (Phi) is 9.99. The van der Waals surface area contributed by atoms with Gasteiger partial charge in [-0.2, -0.15) is 0 Å². The summed E-state index contributed by atoms with van der Waals surface area (Å²) < 4.78 is 5.23. The summed E-state index contributed by atoms with van der Waals surface area (Å²) in [5.41, 5.74) is 0. The molecule has 98 valence electrons. The third kappa shape index (κ3) is 8.08. The minimum Gasteiger partial charge on any atom is -0.383 e. The van der Waals surface area contributed by atoms with Crippen LogP contribution in [0.25, 0.3) is 0 Å². The number of hydrogen-bond donors (Lipinski definition) is 1. The van der Waals surface area contributed by atoms with Crippen LogP contribution in [0.2, 0.25) is 0 Å². The van der Waals surface area contributed by atoms with Crippen molar-refractivity contribution in [2.45, 2.75) is 52.1 Å². The van der Waals surface area contributed by atoms with Crippen LogP contribution in [-0.2, 0) is 4.74 Å². The van der Waals surface area contributed by atoms with Gasteiger partial charge in [-0.05, 0) is 27.3 Å². The van der Waals surface area contributed by atoms with Crippen molar-refractivity contribution in [1.29, 1.82) is 0 Å². The zero-order valence-electron chi connectivity index (χ0n) is 11.8. The van der Waals surface area contributed by atoms with Crippen molar-refractivity contribution < 1.29 is 4.74 Å². The molecule has 0 aliphatic rings. The fraction of sp³-hybridized carbons (Fsp3) is 1.00. The minimum atomic E-state index is 0.519. The first-order valence-corrected chi connectivity index (χ1v) is 6.54. The molecule has 0 fully saturated rings. The van der Waals surface area contributed by atoms with Gasteiger partial charge in [-0.15, -0.1) is 0 Å². The van der Waals surface area contributed by atoms with E-state index in [1.807, 2.05) is 0 Å². The molecule has 0 aliphatic carbocycles. The monoisotopic (exact) mass is 230 g/mol. The number of methoxy groups -OCH3 is 1. The molecule has 0 aliphatic heterocycles. The smallest absolute Gasteiger partial charge is 0.0615 e. The molecule has 0 aromatic heterocycles. The van der Waals surface area contributed by atoms with Crippen LogP contribution in [0.4, 0.5) is 0 Å². The van der Waals surface area contributed by atoms with Gasteiger partial charge >= 0.3 is 0 Å². The zero-order valence-corrected chi connectivity index (χ0v) is 11.8. The van der Waals surface area contributed by atoms with Crippen LogP contribution in [-0.4, -0.2) is 50.8 Å². The maximum Gasteiger partial charge on any atom is 0.0615 e. The summed E-state index contributed by atoms with van der Waals surface area (Å²) in [7, 11) is 3.95. The predicted molar refractivity (Wildman–Crippen MR) is 71.0 cm³/mol. The molecule has 0 amide bonds. The van der Waals surface area contributed by atoms with E-state index in [0.29, 0.717) is 12.1 Å². The van der Waals surface area contributed by atoms with E-state index in [-0.39, 0.29) is 0 Å². The third-order valence-corrected chi connectivity index (χ3v) is 3.05. The van der Waals surface area contributed by atoms with Crippen LogP contribution < -0.4 is 5.32 Å². The van der Waals surface area contributed by atoms with Gasteiger partial charge in [0.05, 0.1) is 6.61 Å². The van der Waals surface area contributed by atoms with Crippen LogP contribution in [0.5, 0.6) is 0 Å². The van der Waals surface area contributed by atoms with Crippen LogP contribution in [0.15, 0.2) is 0 Å². The van der Waals surface area contributed by atoms with Gasteiger partial charge in [-0.1, -0.05) is 19.8 Å². The topological polar surface area (TPSA) is 24.5 Å². The van der Waals surface area contributed by atoms with Gasteiger partial charge in [0.25, 0.3) is 0 Å². The maximum atomic E-state index is 5.23. The molecule has 1 N–H and O–H groups in total. The minimum absolute atomic E-state index is 0.519. The van der Waals surface area contributed by atoms with E-state index in [1.54, 1.807) is 7.11 Å². The Hall–Kier alpha value is -0.120. The molecule has 0 aromatic carbocycles. The first kappa shape index (κ1) is 15.9. The molecule has 1 atom stereocenters. The van der Waals surface area contributed by atoms with E-state index in [2.05, 4.69) is 38.0 Å². The van der Waals surface area contributed by atoms with E-state index >= 15 is 0 Å². The summed E-state index contributed by atoms with van der Waals surface area (Å²) in [5, 5.41) is 3.57. The van der Waals surface area contributed by atoms with Crippen molar-refractivity contribution in [1.82, 2.24) is 10.2 Å². The average molecular weight is 230 g/mol. The largest absolute Gasteiger partial charge is 0.383 e. The molecule has 3 nitrogen and oxygen atoms in total. The van der Waals surface area contributed by atoms with Crippen molar-refractivity contribution in [2.24, 2.45) is 0 Å². The first-order valence-electron chi connectivity index (χ1n) is 6.54. The predicted octanol–water partition coefficient (Wildman–Crippen LogP) is 2.12. The zero-order chi connectivity index (χ0) is 12.4. The third-order valence-electron chi connectivity index (χ3n) is 3.05. The summed E-state index contributed by atoms with van der Waals surface area (Å²) in [5.74, 6) is 0. The highest BCUT2D eigenvalue weighted by Crippen LogP contribution is 2.01. The van der Waals surface area contributed by atoms with Gasteiger partial charge in [0.1, 0.15) is 0 Å². The molecule has 0 heterocycles. The fourth-order valence-corrected chi connectivity index (χ4v) is 1.60. The SMILES string of the molecule is CCCCC(COC)NCCN(C)C(C)C. The fourth-order valence-electron chi connectivity index (χ4n) is 1.60. The molecule has 0 radical (unpaired) electrons. The molecule has 3 heteroatoms. The standard InChI is InChI=1S/C13H30N2O/c1-6-7-8-13(11-16-5)14-9-10-15(4)12(2)3/h12-14H,6-11H2,1-5H3. The van der Waals surface area contributed by atoms with Gasteiger partial charge < -0.3 is 15.0 Å². The lowest BCUT2D eigenvalue weighted by Gasteiger charge is -2.23. The second-order valence-electron chi connectivity index (χ2n) is 4.82. The number of ether oxygens (including phenoxy) is 1. The highest BCUT2D eigenvalue weighted by Gasteiger charge is 2.08. The Morgan fingerprint density at radius 2 is 2.00 bits per heavy atom. The number of hydrogen-bond acceptors (Lipinski definition) is 3. The number of unbranched alkanes of at least 4 members (excludes halogenated alkanes) is 1. The average Bonchev–Trinajstić information content (AvgIpc) is 2.25. The first-order chi connectivity index (χ1) is 7.61. The van der Waals surface area contributed by atoms with Gasteiger partial charge in [-0.3, -0.25) is 0 Å². The number of rotatable bonds is 10. The molecule has 0 bridgehead atoms. The Balaban J connectivity index is 3.66. The Morgan fingerprint density at radius 3 is 2.50 bits per heavy atom. The lowest BCUT2D eigenvalue weighted by molar-refractivity contribution is 0.158. The molecular formula is C13H30N2O. The molecule has 0 saturated heterocycles. The van der Waals surface area contributed by atoms with Crippen LogP contribution >= 0.6 is 0 Å². The van der Waals surface area contributed by atoms with Crippen LogP contribution in [0.1, 0.15) is 40.0 Å².